The largest absolute Gasteiger partial charge is 0.493 e. The maximum atomic E-state index is 11.1. The minimum atomic E-state index is -0.666. The van der Waals surface area contributed by atoms with E-state index in [9.17, 15) is 20.2 Å². The van der Waals surface area contributed by atoms with E-state index in [1.54, 1.807) is 0 Å². The lowest BCUT2D eigenvalue weighted by Gasteiger charge is -2.09. The molecule has 8 nitrogen and oxygen atoms in total. The van der Waals surface area contributed by atoms with Crippen molar-refractivity contribution < 1.29 is 19.3 Å². The number of nitro groups is 2. The highest BCUT2D eigenvalue weighted by molar-refractivity contribution is 5.70. The van der Waals surface area contributed by atoms with Crippen molar-refractivity contribution in [3.05, 3.63) is 43.6 Å². The van der Waals surface area contributed by atoms with Crippen molar-refractivity contribution in [2.24, 2.45) is 0 Å². The number of rotatable bonds is 5. The van der Waals surface area contributed by atoms with E-state index < -0.39 is 9.85 Å². The minimum absolute atomic E-state index is 0.0719. The molecule has 0 heterocycles. The van der Waals surface area contributed by atoms with Crippen LogP contribution in [-0.4, -0.2) is 24.1 Å². The van der Waals surface area contributed by atoms with Crippen molar-refractivity contribution in [2.45, 2.75) is 6.92 Å². The zero-order valence-corrected chi connectivity index (χ0v) is 10.6. The molecule has 102 valence electrons. The second-order valence-corrected chi connectivity index (χ2v) is 3.54. The summed E-state index contributed by atoms with van der Waals surface area (Å²) in [4.78, 5) is 20.4. The van der Waals surface area contributed by atoms with Gasteiger partial charge in [0.05, 0.1) is 29.6 Å². The molecule has 0 radical (unpaired) electrons. The Hall–Kier alpha value is -2.64. The Balaban J connectivity index is 3.53. The van der Waals surface area contributed by atoms with Gasteiger partial charge in [-0.25, -0.2) is 0 Å². The fourth-order valence-electron chi connectivity index (χ4n) is 1.51. The zero-order valence-electron chi connectivity index (χ0n) is 10.6. The van der Waals surface area contributed by atoms with Gasteiger partial charge in [-0.15, -0.1) is 0 Å². The van der Waals surface area contributed by atoms with Crippen LogP contribution in [0.3, 0.4) is 0 Å². The smallest absolute Gasteiger partial charge is 0.322 e. The van der Waals surface area contributed by atoms with Crippen LogP contribution in [0.1, 0.15) is 12.5 Å². The molecule has 8 heteroatoms. The molecule has 1 aromatic carbocycles. The summed E-state index contributed by atoms with van der Waals surface area (Å²) in [6.45, 7) is 1.25. The predicted octanol–water partition coefficient (Wildman–Crippen LogP) is 2.25. The number of nitro benzene ring substituents is 1. The van der Waals surface area contributed by atoms with Crippen molar-refractivity contribution in [3.63, 3.8) is 0 Å². The van der Waals surface area contributed by atoms with Gasteiger partial charge in [0.15, 0.2) is 5.75 Å². The average Bonchev–Trinajstić information content (AvgIpc) is 2.37. The first-order valence-corrected chi connectivity index (χ1v) is 5.14. The topological polar surface area (TPSA) is 105 Å². The first kappa shape index (κ1) is 14.4. The molecular formula is C11H12N2O6. The highest BCUT2D eigenvalue weighted by Gasteiger charge is 2.25. The van der Waals surface area contributed by atoms with Gasteiger partial charge in [0.1, 0.15) is 0 Å². The maximum absolute atomic E-state index is 11.1. The standard InChI is InChI=1S/C11H12N2O6/c1-7(12(14)15)6-8-4-5-9(18-2)11(19-3)10(8)13(16)17/h4-6H,1-3H3/b7-6-. The molecule has 0 aliphatic heterocycles. The van der Waals surface area contributed by atoms with E-state index in [2.05, 4.69) is 0 Å². The molecule has 0 amide bonds. The minimum Gasteiger partial charge on any atom is -0.493 e. The fraction of sp³-hybridized carbons (Fsp3) is 0.273. The van der Waals surface area contributed by atoms with Crippen LogP contribution in [0, 0.1) is 20.2 Å². The summed E-state index contributed by atoms with van der Waals surface area (Å²) in [7, 11) is 2.61. The van der Waals surface area contributed by atoms with E-state index in [1.807, 2.05) is 0 Å². The molecule has 0 spiro atoms. The number of methoxy groups -OCH3 is 2. The SMILES string of the molecule is COc1ccc(/C=C(/C)[N+](=O)[O-])c([N+](=O)[O-])c1OC. The van der Waals surface area contributed by atoms with E-state index in [1.165, 1.54) is 33.3 Å². The second-order valence-electron chi connectivity index (χ2n) is 3.54. The monoisotopic (exact) mass is 268 g/mol. The van der Waals surface area contributed by atoms with Crippen LogP contribution in [0.4, 0.5) is 5.69 Å². The van der Waals surface area contributed by atoms with Crippen molar-refractivity contribution in [2.75, 3.05) is 14.2 Å². The van der Waals surface area contributed by atoms with Gasteiger partial charge < -0.3 is 9.47 Å². The Bertz CT molecular complexity index is 552. The molecule has 0 saturated heterocycles. The number of hydrogen-bond acceptors (Lipinski definition) is 6. The Morgan fingerprint density at radius 3 is 2.26 bits per heavy atom. The number of allylic oxidation sites excluding steroid dienone is 1. The molecule has 0 N–H and O–H groups in total. The van der Waals surface area contributed by atoms with Crippen LogP contribution < -0.4 is 9.47 Å². The second kappa shape index (κ2) is 5.80. The Morgan fingerprint density at radius 2 is 1.84 bits per heavy atom. The third-order valence-corrected chi connectivity index (χ3v) is 2.39. The molecule has 0 bridgehead atoms. The summed E-state index contributed by atoms with van der Waals surface area (Å²) in [5.74, 6) is 0.113. The Kier molecular flexibility index (Phi) is 4.41. The number of hydrogen-bond donors (Lipinski definition) is 0. The third kappa shape index (κ3) is 2.97. The van der Waals surface area contributed by atoms with Gasteiger partial charge in [0.2, 0.25) is 11.4 Å². The quantitative estimate of drug-likeness (QED) is 0.599. The molecule has 0 aromatic heterocycles. The summed E-state index contributed by atoms with van der Waals surface area (Å²) < 4.78 is 9.90. The summed E-state index contributed by atoms with van der Waals surface area (Å²) >= 11 is 0. The first-order chi connectivity index (χ1) is 8.92. The number of benzene rings is 1. The number of ether oxygens (including phenoxy) is 2. The van der Waals surface area contributed by atoms with Crippen molar-refractivity contribution >= 4 is 11.8 Å². The normalized spacial score (nSPS) is 11.0. The van der Waals surface area contributed by atoms with Crippen LogP contribution in [0.2, 0.25) is 0 Å². The van der Waals surface area contributed by atoms with E-state index in [-0.39, 0.29) is 28.4 Å². The molecule has 1 rings (SSSR count). The molecule has 0 aliphatic rings. The van der Waals surface area contributed by atoms with E-state index >= 15 is 0 Å². The maximum Gasteiger partial charge on any atom is 0.322 e. The van der Waals surface area contributed by atoms with Crippen LogP contribution in [0.25, 0.3) is 6.08 Å². The summed E-state index contributed by atoms with van der Waals surface area (Å²) in [5.41, 5.74) is -0.504. The Morgan fingerprint density at radius 1 is 1.21 bits per heavy atom. The number of nitrogens with zero attached hydrogens (tertiary/aromatic N) is 2. The Labute approximate surface area is 108 Å². The van der Waals surface area contributed by atoms with Gasteiger partial charge in [-0.3, -0.25) is 20.2 Å². The van der Waals surface area contributed by atoms with Gasteiger partial charge in [-0.2, -0.15) is 0 Å². The highest BCUT2D eigenvalue weighted by atomic mass is 16.6. The molecule has 0 fully saturated rings. The van der Waals surface area contributed by atoms with Crippen LogP contribution >= 0.6 is 0 Å². The van der Waals surface area contributed by atoms with Gasteiger partial charge >= 0.3 is 5.69 Å². The average molecular weight is 268 g/mol. The first-order valence-electron chi connectivity index (χ1n) is 5.14. The predicted molar refractivity (Wildman–Crippen MR) is 66.8 cm³/mol. The van der Waals surface area contributed by atoms with E-state index in [4.69, 9.17) is 9.47 Å². The van der Waals surface area contributed by atoms with Crippen LogP contribution in [0.15, 0.2) is 17.8 Å². The molecule has 0 atom stereocenters. The lowest BCUT2D eigenvalue weighted by Crippen LogP contribution is -2.00. The lowest BCUT2D eigenvalue weighted by molar-refractivity contribution is -0.422. The van der Waals surface area contributed by atoms with Crippen LogP contribution in [0.5, 0.6) is 11.5 Å². The summed E-state index contributed by atoms with van der Waals surface area (Å²) in [6.07, 6.45) is 1.11. The van der Waals surface area contributed by atoms with E-state index in [0.29, 0.717) is 0 Å². The van der Waals surface area contributed by atoms with Gasteiger partial charge in [-0.1, -0.05) is 0 Å². The molecule has 19 heavy (non-hydrogen) atoms. The van der Waals surface area contributed by atoms with Crippen molar-refractivity contribution in [3.8, 4) is 11.5 Å². The molecular weight excluding hydrogens is 256 g/mol. The fourth-order valence-corrected chi connectivity index (χ4v) is 1.51. The molecule has 0 saturated carbocycles. The third-order valence-electron chi connectivity index (χ3n) is 2.39. The van der Waals surface area contributed by atoms with Crippen molar-refractivity contribution in [1.29, 1.82) is 0 Å². The van der Waals surface area contributed by atoms with Gasteiger partial charge in [0.25, 0.3) is 0 Å². The van der Waals surface area contributed by atoms with E-state index in [0.717, 1.165) is 6.08 Å². The highest BCUT2D eigenvalue weighted by Crippen LogP contribution is 2.40. The van der Waals surface area contributed by atoms with Gasteiger partial charge in [0, 0.05) is 13.0 Å². The van der Waals surface area contributed by atoms with Crippen LogP contribution in [-0.2, 0) is 0 Å². The zero-order chi connectivity index (χ0) is 14.6. The summed E-state index contributed by atoms with van der Waals surface area (Å²) in [5, 5.41) is 21.7. The molecule has 0 aliphatic carbocycles. The molecule has 0 unspecified atom stereocenters. The summed E-state index contributed by atoms with van der Waals surface area (Å²) in [6, 6.07) is 2.82. The van der Waals surface area contributed by atoms with Crippen molar-refractivity contribution in [1.82, 2.24) is 0 Å². The van der Waals surface area contributed by atoms with Gasteiger partial charge in [-0.05, 0) is 12.1 Å². The lowest BCUT2D eigenvalue weighted by atomic mass is 10.1. The molecule has 1 aromatic rings.